The molecule has 0 aliphatic rings. The van der Waals surface area contributed by atoms with E-state index in [9.17, 15) is 4.79 Å². The van der Waals surface area contributed by atoms with Crippen molar-refractivity contribution >= 4 is 28.6 Å². The van der Waals surface area contributed by atoms with Gasteiger partial charge in [-0.05, 0) is 38.1 Å². The second-order valence-electron chi connectivity index (χ2n) is 5.09. The lowest BCUT2D eigenvalue weighted by Crippen LogP contribution is -2.15. The third kappa shape index (κ3) is 3.26. The predicted octanol–water partition coefficient (Wildman–Crippen LogP) is 3.02. The number of para-hydroxylation sites is 1. The van der Waals surface area contributed by atoms with Crippen molar-refractivity contribution in [3.05, 3.63) is 53.9 Å². The van der Waals surface area contributed by atoms with Gasteiger partial charge in [0.15, 0.2) is 0 Å². The minimum absolute atomic E-state index is 0.269. The van der Waals surface area contributed by atoms with E-state index in [4.69, 9.17) is 0 Å². The first-order valence-corrected chi connectivity index (χ1v) is 7.42. The minimum atomic E-state index is -0.282. The molecule has 0 aliphatic carbocycles. The SMILES string of the molecule is CCNc1nc(NC(=O)c2ccc(C)nc2)nc2ccccc12. The van der Waals surface area contributed by atoms with Gasteiger partial charge in [0, 0.05) is 23.8 Å². The van der Waals surface area contributed by atoms with E-state index in [1.165, 1.54) is 6.20 Å². The summed E-state index contributed by atoms with van der Waals surface area (Å²) < 4.78 is 0. The van der Waals surface area contributed by atoms with Gasteiger partial charge in [0.25, 0.3) is 5.91 Å². The number of hydrogen-bond donors (Lipinski definition) is 2. The molecular formula is C17H17N5O. The Morgan fingerprint density at radius 3 is 2.70 bits per heavy atom. The number of hydrogen-bond acceptors (Lipinski definition) is 5. The number of rotatable bonds is 4. The average Bonchev–Trinajstić information content (AvgIpc) is 2.55. The molecule has 0 radical (unpaired) electrons. The highest BCUT2D eigenvalue weighted by Gasteiger charge is 2.11. The zero-order valence-corrected chi connectivity index (χ0v) is 13.0. The van der Waals surface area contributed by atoms with Gasteiger partial charge in [0.05, 0.1) is 11.1 Å². The van der Waals surface area contributed by atoms with Crippen molar-refractivity contribution < 1.29 is 4.79 Å². The van der Waals surface area contributed by atoms with Crippen LogP contribution in [0.3, 0.4) is 0 Å². The van der Waals surface area contributed by atoms with Crippen LogP contribution in [0.5, 0.6) is 0 Å². The van der Waals surface area contributed by atoms with Gasteiger partial charge in [-0.25, -0.2) is 4.98 Å². The number of benzene rings is 1. The molecule has 2 heterocycles. The second-order valence-corrected chi connectivity index (χ2v) is 5.09. The highest BCUT2D eigenvalue weighted by atomic mass is 16.1. The van der Waals surface area contributed by atoms with Gasteiger partial charge >= 0.3 is 0 Å². The van der Waals surface area contributed by atoms with Crippen molar-refractivity contribution in [3.8, 4) is 0 Å². The summed E-state index contributed by atoms with van der Waals surface area (Å²) >= 11 is 0. The maximum absolute atomic E-state index is 12.3. The summed E-state index contributed by atoms with van der Waals surface area (Å²) in [5.74, 6) is 0.691. The quantitative estimate of drug-likeness (QED) is 0.774. The van der Waals surface area contributed by atoms with Gasteiger partial charge in [0.1, 0.15) is 5.82 Å². The van der Waals surface area contributed by atoms with Crippen molar-refractivity contribution in [3.63, 3.8) is 0 Å². The third-order valence-corrected chi connectivity index (χ3v) is 3.35. The molecule has 6 nitrogen and oxygen atoms in total. The number of nitrogens with one attached hydrogen (secondary N) is 2. The number of nitrogens with zero attached hydrogens (tertiary/aromatic N) is 3. The number of aromatic nitrogens is 3. The second kappa shape index (κ2) is 6.39. The van der Waals surface area contributed by atoms with Gasteiger partial charge < -0.3 is 5.32 Å². The number of carbonyl (C=O) groups is 1. The van der Waals surface area contributed by atoms with Crippen molar-refractivity contribution in [2.45, 2.75) is 13.8 Å². The molecule has 0 unspecified atom stereocenters. The van der Waals surface area contributed by atoms with Crippen LogP contribution in [0.4, 0.5) is 11.8 Å². The average molecular weight is 307 g/mol. The summed E-state index contributed by atoms with van der Waals surface area (Å²) in [6, 6.07) is 11.2. The Morgan fingerprint density at radius 2 is 1.96 bits per heavy atom. The molecule has 3 rings (SSSR count). The molecule has 0 bridgehead atoms. The fourth-order valence-electron chi connectivity index (χ4n) is 2.21. The van der Waals surface area contributed by atoms with E-state index in [0.717, 1.165) is 23.1 Å². The predicted molar refractivity (Wildman–Crippen MR) is 90.6 cm³/mol. The standard InChI is InChI=1S/C17H17N5O/c1-3-18-15-13-6-4-5-7-14(13)20-17(21-15)22-16(23)12-9-8-11(2)19-10-12/h4-10H,3H2,1-2H3,(H2,18,20,21,22,23). The van der Waals surface area contributed by atoms with E-state index in [0.29, 0.717) is 11.4 Å². The van der Waals surface area contributed by atoms with E-state index in [1.807, 2.05) is 38.1 Å². The Kier molecular flexibility index (Phi) is 4.14. The lowest BCUT2D eigenvalue weighted by atomic mass is 10.2. The maximum Gasteiger partial charge on any atom is 0.259 e. The zero-order valence-electron chi connectivity index (χ0n) is 13.0. The minimum Gasteiger partial charge on any atom is -0.370 e. The van der Waals surface area contributed by atoms with Gasteiger partial charge in [-0.3, -0.25) is 15.1 Å². The molecule has 0 fully saturated rings. The van der Waals surface area contributed by atoms with Crippen LogP contribution < -0.4 is 10.6 Å². The van der Waals surface area contributed by atoms with Crippen LogP contribution in [0.1, 0.15) is 23.0 Å². The van der Waals surface area contributed by atoms with Crippen LogP contribution in [0.15, 0.2) is 42.6 Å². The largest absolute Gasteiger partial charge is 0.370 e. The summed E-state index contributed by atoms with van der Waals surface area (Å²) in [5, 5.41) is 6.84. The number of fused-ring (bicyclic) bond motifs is 1. The fourth-order valence-corrected chi connectivity index (χ4v) is 2.21. The van der Waals surface area contributed by atoms with Crippen molar-refractivity contribution in [2.24, 2.45) is 0 Å². The number of carbonyl (C=O) groups excluding carboxylic acids is 1. The van der Waals surface area contributed by atoms with Gasteiger partial charge in [-0.1, -0.05) is 12.1 Å². The summed E-state index contributed by atoms with van der Waals surface area (Å²) in [5.41, 5.74) is 2.10. The Hall–Kier alpha value is -3.02. The molecule has 3 aromatic rings. The molecule has 2 N–H and O–H groups in total. The molecule has 1 aromatic carbocycles. The number of anilines is 2. The van der Waals surface area contributed by atoms with E-state index >= 15 is 0 Å². The molecule has 1 amide bonds. The molecule has 0 saturated carbocycles. The summed E-state index contributed by atoms with van der Waals surface area (Å²) in [6.45, 7) is 4.60. The first kappa shape index (κ1) is 14.9. The van der Waals surface area contributed by atoms with Crippen molar-refractivity contribution in [1.82, 2.24) is 15.0 Å². The lowest BCUT2D eigenvalue weighted by Gasteiger charge is -2.10. The van der Waals surface area contributed by atoms with Crippen LogP contribution in [-0.2, 0) is 0 Å². The molecule has 0 aliphatic heterocycles. The van der Waals surface area contributed by atoms with Crippen LogP contribution in [-0.4, -0.2) is 27.4 Å². The van der Waals surface area contributed by atoms with E-state index in [1.54, 1.807) is 12.1 Å². The fraction of sp³-hybridized carbons (Fsp3) is 0.176. The summed E-state index contributed by atoms with van der Waals surface area (Å²) in [7, 11) is 0. The number of amides is 1. The van der Waals surface area contributed by atoms with Crippen LogP contribution in [0.2, 0.25) is 0 Å². The molecule has 6 heteroatoms. The van der Waals surface area contributed by atoms with Crippen LogP contribution in [0, 0.1) is 6.92 Å². The van der Waals surface area contributed by atoms with E-state index in [-0.39, 0.29) is 11.9 Å². The molecule has 0 saturated heterocycles. The van der Waals surface area contributed by atoms with Crippen LogP contribution >= 0.6 is 0 Å². The monoisotopic (exact) mass is 307 g/mol. The van der Waals surface area contributed by atoms with Crippen LogP contribution in [0.25, 0.3) is 10.9 Å². The lowest BCUT2D eigenvalue weighted by molar-refractivity contribution is 0.102. The molecular weight excluding hydrogens is 290 g/mol. The Balaban J connectivity index is 1.93. The molecule has 0 atom stereocenters. The summed E-state index contributed by atoms with van der Waals surface area (Å²) in [4.78, 5) is 25.2. The number of aryl methyl sites for hydroxylation is 1. The first-order valence-electron chi connectivity index (χ1n) is 7.42. The molecule has 2 aromatic heterocycles. The van der Waals surface area contributed by atoms with Gasteiger partial charge in [-0.2, -0.15) is 4.98 Å². The Labute approximate surface area is 134 Å². The molecule has 0 spiro atoms. The molecule has 116 valence electrons. The first-order chi connectivity index (χ1) is 11.2. The zero-order chi connectivity index (χ0) is 16.2. The van der Waals surface area contributed by atoms with Gasteiger partial charge in [-0.15, -0.1) is 0 Å². The van der Waals surface area contributed by atoms with E-state index in [2.05, 4.69) is 25.6 Å². The summed E-state index contributed by atoms with van der Waals surface area (Å²) in [6.07, 6.45) is 1.54. The highest BCUT2D eigenvalue weighted by molar-refractivity contribution is 6.03. The van der Waals surface area contributed by atoms with Crippen molar-refractivity contribution in [2.75, 3.05) is 17.2 Å². The van der Waals surface area contributed by atoms with Gasteiger partial charge in [0.2, 0.25) is 5.95 Å². The smallest absolute Gasteiger partial charge is 0.259 e. The van der Waals surface area contributed by atoms with Crippen molar-refractivity contribution in [1.29, 1.82) is 0 Å². The molecule has 23 heavy (non-hydrogen) atoms. The normalized spacial score (nSPS) is 10.5. The Bertz CT molecular complexity index is 845. The van der Waals surface area contributed by atoms with E-state index < -0.39 is 0 Å². The Morgan fingerprint density at radius 1 is 1.13 bits per heavy atom. The maximum atomic E-state index is 12.3. The highest BCUT2D eigenvalue weighted by Crippen LogP contribution is 2.21. The number of pyridine rings is 1. The third-order valence-electron chi connectivity index (χ3n) is 3.35. The topological polar surface area (TPSA) is 79.8 Å².